The summed E-state index contributed by atoms with van der Waals surface area (Å²) in [5.41, 5.74) is 2.34. The van der Waals surface area contributed by atoms with E-state index in [1.807, 2.05) is 4.40 Å². The summed E-state index contributed by atoms with van der Waals surface area (Å²) in [5.74, 6) is 0.792. The van der Waals surface area contributed by atoms with Gasteiger partial charge in [-0.15, -0.1) is 10.2 Å². The lowest BCUT2D eigenvalue weighted by molar-refractivity contribution is 0.545. The number of nitrogens with zero attached hydrogens (tertiary/aromatic N) is 5. The number of aromatic nitrogens is 5. The quantitative estimate of drug-likeness (QED) is 0.416. The molecule has 0 amide bonds. The molecule has 140 valence electrons. The van der Waals surface area contributed by atoms with E-state index >= 15 is 0 Å². The molecule has 0 bridgehead atoms. The predicted molar refractivity (Wildman–Crippen MR) is 106 cm³/mol. The third-order valence-electron chi connectivity index (χ3n) is 5.31. The summed E-state index contributed by atoms with van der Waals surface area (Å²) in [6, 6.07) is 2.08. The summed E-state index contributed by atoms with van der Waals surface area (Å²) in [6.45, 7) is 0. The molecule has 3 aromatic rings. The molecule has 2 aliphatic rings. The van der Waals surface area contributed by atoms with Gasteiger partial charge in [0.25, 0.3) is 0 Å². The molecule has 0 aliphatic heterocycles. The fraction of sp³-hybridized carbons (Fsp3) is 0.500. The molecule has 3 atom stereocenters. The Hall–Kier alpha value is -1.78. The first-order chi connectivity index (χ1) is 13.0. The third kappa shape index (κ3) is 2.81. The molecule has 2 N–H and O–H groups in total. The molecule has 0 radical (unpaired) electrons. The minimum Gasteiger partial charge on any atom is -0.343 e. The van der Waals surface area contributed by atoms with E-state index in [1.165, 1.54) is 0 Å². The van der Waals surface area contributed by atoms with Crippen LogP contribution in [0, 0.1) is 11.3 Å². The predicted octanol–water partition coefficient (Wildman–Crippen LogP) is 1.61. The van der Waals surface area contributed by atoms with Crippen molar-refractivity contribution >= 4 is 49.4 Å². The van der Waals surface area contributed by atoms with Crippen LogP contribution in [0.15, 0.2) is 12.4 Å². The van der Waals surface area contributed by atoms with E-state index in [2.05, 4.69) is 53.5 Å². The third-order valence-corrected chi connectivity index (χ3v) is 8.70. The van der Waals surface area contributed by atoms with Crippen molar-refractivity contribution < 1.29 is 8.42 Å². The highest BCUT2D eigenvalue weighted by Crippen LogP contribution is 2.41. The minimum absolute atomic E-state index is 0.0412. The number of H-pyrrole nitrogens is 1. The molecule has 2 fully saturated rings. The first kappa shape index (κ1) is 17.3. The zero-order chi connectivity index (χ0) is 18.8. The summed E-state index contributed by atoms with van der Waals surface area (Å²) < 4.78 is 29.6. The lowest BCUT2D eigenvalue weighted by atomic mass is 10.1. The molecule has 0 spiro atoms. The molecule has 0 unspecified atom stereocenters. The van der Waals surface area contributed by atoms with Gasteiger partial charge < -0.3 is 4.98 Å². The zero-order valence-corrected chi connectivity index (χ0v) is 17.1. The number of rotatable bonds is 4. The van der Waals surface area contributed by atoms with Crippen LogP contribution in [0.2, 0.25) is 0 Å². The molecule has 2 saturated carbocycles. The van der Waals surface area contributed by atoms with Crippen LogP contribution >= 0.6 is 22.6 Å². The Balaban J connectivity index is 1.54. The fourth-order valence-electron chi connectivity index (χ4n) is 3.86. The van der Waals surface area contributed by atoms with Gasteiger partial charge in [0.15, 0.2) is 11.3 Å². The molecule has 0 aromatic carbocycles. The van der Waals surface area contributed by atoms with Gasteiger partial charge in [-0.05, 0) is 25.7 Å². The Morgan fingerprint density at radius 2 is 2.15 bits per heavy atom. The Kier molecular flexibility index (Phi) is 3.92. The van der Waals surface area contributed by atoms with Crippen molar-refractivity contribution in [2.24, 2.45) is 0 Å². The highest BCUT2D eigenvalue weighted by molar-refractivity contribution is 14.1. The normalized spacial score (nSPS) is 26.0. The van der Waals surface area contributed by atoms with Gasteiger partial charge in [0, 0.05) is 22.1 Å². The van der Waals surface area contributed by atoms with Gasteiger partial charge in [-0.2, -0.15) is 5.26 Å². The molecule has 2 aliphatic carbocycles. The standard InChI is InChI=1S/C16H16IN7O2S/c17-12-4-9(23-27(25,26)10-1-2-10)3-11(12)16-22-21-13-7-20-15-14(24(13)16)8(5-18)6-19-15/h6-7,9-12,19,23H,1-4H2/t9-,11+,12-/m1/s1. The summed E-state index contributed by atoms with van der Waals surface area (Å²) in [4.78, 5) is 7.31. The number of nitriles is 1. The number of aromatic amines is 1. The van der Waals surface area contributed by atoms with Crippen LogP contribution in [0.25, 0.3) is 16.8 Å². The molecular weight excluding hydrogens is 481 g/mol. The van der Waals surface area contributed by atoms with Crippen molar-refractivity contribution in [2.45, 2.75) is 46.8 Å². The van der Waals surface area contributed by atoms with Crippen LogP contribution < -0.4 is 4.72 Å². The van der Waals surface area contributed by atoms with Crippen LogP contribution in [0.3, 0.4) is 0 Å². The monoisotopic (exact) mass is 497 g/mol. The van der Waals surface area contributed by atoms with Crippen LogP contribution in [0.5, 0.6) is 0 Å². The van der Waals surface area contributed by atoms with Crippen LogP contribution in [-0.2, 0) is 10.0 Å². The molecule has 11 heteroatoms. The molecule has 3 heterocycles. The number of alkyl halides is 1. The average molecular weight is 497 g/mol. The highest BCUT2D eigenvalue weighted by Gasteiger charge is 2.42. The Labute approximate surface area is 168 Å². The zero-order valence-electron chi connectivity index (χ0n) is 14.1. The fourth-order valence-corrected chi connectivity index (χ4v) is 6.69. The van der Waals surface area contributed by atoms with Gasteiger partial charge in [-0.25, -0.2) is 18.1 Å². The number of halogens is 1. The van der Waals surface area contributed by atoms with Crippen molar-refractivity contribution in [1.29, 1.82) is 5.26 Å². The summed E-state index contributed by atoms with van der Waals surface area (Å²) >= 11 is 2.36. The number of fused-ring (bicyclic) bond motifs is 3. The van der Waals surface area contributed by atoms with E-state index in [4.69, 9.17) is 0 Å². The Morgan fingerprint density at radius 3 is 2.89 bits per heavy atom. The molecule has 3 aromatic heterocycles. The van der Waals surface area contributed by atoms with Crippen molar-refractivity contribution in [3.8, 4) is 6.07 Å². The van der Waals surface area contributed by atoms with Crippen molar-refractivity contribution in [3.05, 3.63) is 23.8 Å². The number of nitrogens with one attached hydrogen (secondary N) is 2. The average Bonchev–Trinajstić information content (AvgIpc) is 3.16. The summed E-state index contributed by atoms with van der Waals surface area (Å²) in [5, 5.41) is 17.8. The van der Waals surface area contributed by atoms with Crippen LogP contribution in [-0.4, -0.2) is 48.2 Å². The van der Waals surface area contributed by atoms with Gasteiger partial charge in [0.1, 0.15) is 17.4 Å². The van der Waals surface area contributed by atoms with E-state index in [0.717, 1.165) is 25.1 Å². The summed E-state index contributed by atoms with van der Waals surface area (Å²) in [6.07, 6.45) is 6.17. The molecule has 0 saturated heterocycles. The van der Waals surface area contributed by atoms with E-state index < -0.39 is 10.0 Å². The largest absolute Gasteiger partial charge is 0.343 e. The van der Waals surface area contributed by atoms with Crippen LogP contribution in [0.1, 0.15) is 43.0 Å². The van der Waals surface area contributed by atoms with E-state index in [9.17, 15) is 13.7 Å². The maximum absolute atomic E-state index is 12.3. The molecular formula is C16H16IN7O2S. The first-order valence-corrected chi connectivity index (χ1v) is 11.5. The van der Waals surface area contributed by atoms with Crippen molar-refractivity contribution in [3.63, 3.8) is 0 Å². The maximum atomic E-state index is 12.3. The number of hydrogen-bond acceptors (Lipinski definition) is 6. The van der Waals surface area contributed by atoms with Gasteiger partial charge in [0.2, 0.25) is 10.0 Å². The smallest absolute Gasteiger partial charge is 0.214 e. The maximum Gasteiger partial charge on any atom is 0.214 e. The van der Waals surface area contributed by atoms with Gasteiger partial charge in [0.05, 0.1) is 17.0 Å². The Bertz CT molecular complexity index is 1190. The second-order valence-corrected chi connectivity index (χ2v) is 10.8. The van der Waals surface area contributed by atoms with Gasteiger partial charge in [-0.1, -0.05) is 22.6 Å². The number of sulfonamides is 1. The minimum atomic E-state index is -3.22. The van der Waals surface area contributed by atoms with Crippen molar-refractivity contribution in [2.75, 3.05) is 0 Å². The first-order valence-electron chi connectivity index (χ1n) is 8.74. The van der Waals surface area contributed by atoms with E-state index in [0.29, 0.717) is 28.8 Å². The van der Waals surface area contributed by atoms with E-state index in [1.54, 1.807) is 12.4 Å². The lowest BCUT2D eigenvalue weighted by Crippen LogP contribution is -2.35. The van der Waals surface area contributed by atoms with E-state index in [-0.39, 0.29) is 21.1 Å². The van der Waals surface area contributed by atoms with Gasteiger partial charge >= 0.3 is 0 Å². The van der Waals surface area contributed by atoms with Crippen molar-refractivity contribution in [1.82, 2.24) is 29.3 Å². The second-order valence-electron chi connectivity index (χ2n) is 7.17. The Morgan fingerprint density at radius 1 is 1.33 bits per heavy atom. The molecule has 27 heavy (non-hydrogen) atoms. The van der Waals surface area contributed by atoms with Gasteiger partial charge in [-0.3, -0.25) is 4.40 Å². The summed E-state index contributed by atoms with van der Waals surface area (Å²) in [7, 11) is -3.22. The number of hydrogen-bond donors (Lipinski definition) is 2. The highest BCUT2D eigenvalue weighted by atomic mass is 127. The molecule has 5 rings (SSSR count). The lowest BCUT2D eigenvalue weighted by Gasteiger charge is -2.13. The molecule has 9 nitrogen and oxygen atoms in total. The SMILES string of the molecule is N#Cc1c[nH]c2ncc3nnc([C@H]4C[C@@H](NS(=O)(=O)C5CC5)C[C@H]4I)n3c12. The topological polar surface area (TPSA) is 129 Å². The second kappa shape index (κ2) is 6.11. The van der Waals surface area contributed by atoms with Crippen LogP contribution in [0.4, 0.5) is 0 Å².